The van der Waals surface area contributed by atoms with Crippen molar-refractivity contribution in [3.8, 4) is 17.2 Å². The molecule has 1 saturated carbocycles. The molecule has 6 rings (SSSR count). The third-order valence-corrected chi connectivity index (χ3v) is 8.06. The van der Waals surface area contributed by atoms with Gasteiger partial charge in [-0.2, -0.15) is 0 Å². The molecule has 30 heavy (non-hydrogen) atoms. The molecule has 1 saturated heterocycles. The number of piperidine rings is 1. The van der Waals surface area contributed by atoms with Gasteiger partial charge in [0.1, 0.15) is 5.75 Å². The van der Waals surface area contributed by atoms with E-state index >= 15 is 0 Å². The molecule has 2 heterocycles. The van der Waals surface area contributed by atoms with Crippen molar-refractivity contribution >= 4 is 12.4 Å². The molecule has 0 unspecified atom stereocenters. The van der Waals surface area contributed by atoms with Crippen LogP contribution in [0.3, 0.4) is 0 Å². The number of aromatic hydroxyl groups is 1. The van der Waals surface area contributed by atoms with E-state index in [-0.39, 0.29) is 12.4 Å². The standard InChI is InChI=1S/C25H29NO3.ClH/c27-19-6-5-18-14-22-20-3-1-2-9-25(20,21(18)15-19)10-12-26(22)11-8-17-4-7-23-24(13-17)29-16-28-23;/h4-7,13,15,20,22,27H,1-3,8-12,14,16H2;1H/t20-,22+,25+;/m1./s1. The zero-order valence-corrected chi connectivity index (χ0v) is 18.1. The Bertz CT molecular complexity index is 948. The highest BCUT2D eigenvalue weighted by Crippen LogP contribution is 2.56. The normalized spacial score (nSPS) is 28.9. The van der Waals surface area contributed by atoms with E-state index in [2.05, 4.69) is 29.2 Å². The SMILES string of the molecule is Cl.Oc1ccc2c(c1)[C@]13CCCC[C@@H]1[C@H](C2)N(CCc1ccc2c(c1)OCO2)CC3. The second-order valence-corrected chi connectivity index (χ2v) is 9.34. The van der Waals surface area contributed by atoms with Gasteiger partial charge in [-0.05, 0) is 85.5 Å². The van der Waals surface area contributed by atoms with Crippen molar-refractivity contribution in [2.24, 2.45) is 5.92 Å². The third kappa shape index (κ3) is 3.07. The van der Waals surface area contributed by atoms with Crippen molar-refractivity contribution in [3.63, 3.8) is 0 Å². The summed E-state index contributed by atoms with van der Waals surface area (Å²) in [6, 6.07) is 13.2. The highest BCUT2D eigenvalue weighted by molar-refractivity contribution is 5.85. The van der Waals surface area contributed by atoms with Crippen LogP contribution < -0.4 is 9.47 Å². The molecule has 0 radical (unpaired) electrons. The Morgan fingerprint density at radius 2 is 1.93 bits per heavy atom. The van der Waals surface area contributed by atoms with E-state index in [0.717, 1.165) is 36.8 Å². The molecule has 3 atom stereocenters. The molecule has 160 valence electrons. The number of fused-ring (bicyclic) bond motifs is 2. The number of rotatable bonds is 3. The highest BCUT2D eigenvalue weighted by atomic mass is 35.5. The van der Waals surface area contributed by atoms with Crippen LogP contribution in [0, 0.1) is 5.92 Å². The Morgan fingerprint density at radius 1 is 1.03 bits per heavy atom. The van der Waals surface area contributed by atoms with E-state index < -0.39 is 0 Å². The van der Waals surface area contributed by atoms with Gasteiger partial charge < -0.3 is 14.6 Å². The first-order chi connectivity index (χ1) is 14.2. The molecule has 4 aliphatic rings. The Labute approximate surface area is 184 Å². The molecular formula is C25H30ClNO3. The van der Waals surface area contributed by atoms with E-state index in [4.69, 9.17) is 9.47 Å². The largest absolute Gasteiger partial charge is 0.508 e. The molecule has 2 aliphatic carbocycles. The van der Waals surface area contributed by atoms with Crippen LogP contribution in [0.15, 0.2) is 36.4 Å². The maximum atomic E-state index is 10.2. The monoisotopic (exact) mass is 427 g/mol. The van der Waals surface area contributed by atoms with Gasteiger partial charge in [-0.15, -0.1) is 12.4 Å². The summed E-state index contributed by atoms with van der Waals surface area (Å²) in [5, 5.41) is 10.2. The summed E-state index contributed by atoms with van der Waals surface area (Å²) in [6.45, 7) is 2.61. The van der Waals surface area contributed by atoms with E-state index in [0.29, 0.717) is 24.0 Å². The van der Waals surface area contributed by atoms with Crippen molar-refractivity contribution in [3.05, 3.63) is 53.1 Å². The van der Waals surface area contributed by atoms with Crippen LogP contribution in [0.5, 0.6) is 17.2 Å². The summed E-state index contributed by atoms with van der Waals surface area (Å²) in [5.41, 5.74) is 4.56. The van der Waals surface area contributed by atoms with Crippen LogP contribution >= 0.6 is 12.4 Å². The first-order valence-electron chi connectivity index (χ1n) is 11.2. The number of halogens is 1. The van der Waals surface area contributed by atoms with Crippen LogP contribution in [0.2, 0.25) is 0 Å². The van der Waals surface area contributed by atoms with Gasteiger partial charge in [0.15, 0.2) is 11.5 Å². The van der Waals surface area contributed by atoms with E-state index in [1.807, 2.05) is 12.1 Å². The molecule has 1 N–H and O–H groups in total. The van der Waals surface area contributed by atoms with Crippen LogP contribution in [-0.4, -0.2) is 35.9 Å². The van der Waals surface area contributed by atoms with E-state index in [9.17, 15) is 5.11 Å². The van der Waals surface area contributed by atoms with Crippen molar-refractivity contribution < 1.29 is 14.6 Å². The lowest BCUT2D eigenvalue weighted by atomic mass is 9.52. The van der Waals surface area contributed by atoms with Gasteiger partial charge in [0.05, 0.1) is 0 Å². The Hall–Kier alpha value is -1.91. The topological polar surface area (TPSA) is 41.9 Å². The van der Waals surface area contributed by atoms with Crippen LogP contribution in [-0.2, 0) is 18.3 Å². The van der Waals surface area contributed by atoms with Gasteiger partial charge in [0, 0.05) is 18.0 Å². The second kappa shape index (κ2) is 7.65. The molecule has 2 fully saturated rings. The molecule has 2 bridgehead atoms. The van der Waals surface area contributed by atoms with Gasteiger partial charge in [-0.1, -0.05) is 25.0 Å². The number of phenols is 1. The predicted molar refractivity (Wildman–Crippen MR) is 119 cm³/mol. The number of likely N-dealkylation sites (tertiary alicyclic amines) is 1. The van der Waals surface area contributed by atoms with Crippen molar-refractivity contribution in [1.29, 1.82) is 0 Å². The molecule has 2 aromatic rings. The lowest BCUT2D eigenvalue weighted by Gasteiger charge is -2.59. The van der Waals surface area contributed by atoms with Gasteiger partial charge in [0.2, 0.25) is 6.79 Å². The average Bonchev–Trinajstić information content (AvgIpc) is 3.21. The van der Waals surface area contributed by atoms with Crippen LogP contribution in [0.4, 0.5) is 0 Å². The number of phenolic OH excluding ortho intramolecular Hbond substituents is 1. The molecule has 2 aromatic carbocycles. The van der Waals surface area contributed by atoms with Gasteiger partial charge >= 0.3 is 0 Å². The van der Waals surface area contributed by atoms with E-state index in [1.165, 1.54) is 55.3 Å². The number of hydrogen-bond acceptors (Lipinski definition) is 4. The molecule has 0 aromatic heterocycles. The minimum atomic E-state index is 0. The number of hydrogen-bond donors (Lipinski definition) is 1. The smallest absolute Gasteiger partial charge is 0.231 e. The first kappa shape index (κ1) is 20.0. The lowest BCUT2D eigenvalue weighted by Crippen LogP contribution is -2.61. The van der Waals surface area contributed by atoms with E-state index in [1.54, 1.807) is 0 Å². The van der Waals surface area contributed by atoms with Gasteiger partial charge in [-0.3, -0.25) is 4.90 Å². The minimum Gasteiger partial charge on any atom is -0.508 e. The fourth-order valence-electron chi connectivity index (χ4n) is 6.72. The fourth-order valence-corrected chi connectivity index (χ4v) is 6.72. The minimum absolute atomic E-state index is 0. The Morgan fingerprint density at radius 3 is 2.87 bits per heavy atom. The maximum absolute atomic E-state index is 10.2. The highest BCUT2D eigenvalue weighted by Gasteiger charge is 2.53. The summed E-state index contributed by atoms with van der Waals surface area (Å²) < 4.78 is 11.0. The second-order valence-electron chi connectivity index (χ2n) is 9.34. The number of nitrogens with zero attached hydrogens (tertiary/aromatic N) is 1. The summed E-state index contributed by atoms with van der Waals surface area (Å²) in [5.74, 6) is 2.92. The molecule has 0 spiro atoms. The summed E-state index contributed by atoms with van der Waals surface area (Å²) in [7, 11) is 0. The summed E-state index contributed by atoms with van der Waals surface area (Å²) >= 11 is 0. The predicted octanol–water partition coefficient (Wildman–Crippen LogP) is 4.84. The molecule has 0 amide bonds. The Kier molecular flexibility index (Phi) is 5.11. The number of benzene rings is 2. The summed E-state index contributed by atoms with van der Waals surface area (Å²) in [4.78, 5) is 2.76. The molecule has 5 heteroatoms. The number of ether oxygens (including phenoxy) is 2. The lowest BCUT2D eigenvalue weighted by molar-refractivity contribution is -0.0106. The van der Waals surface area contributed by atoms with Crippen molar-refractivity contribution in [2.45, 2.75) is 56.4 Å². The third-order valence-electron chi connectivity index (χ3n) is 8.06. The fraction of sp³-hybridized carbons (Fsp3) is 0.520. The maximum Gasteiger partial charge on any atom is 0.231 e. The van der Waals surface area contributed by atoms with Gasteiger partial charge in [0.25, 0.3) is 0 Å². The quantitative estimate of drug-likeness (QED) is 0.760. The average molecular weight is 428 g/mol. The Balaban J connectivity index is 0.00000193. The molecular weight excluding hydrogens is 398 g/mol. The van der Waals surface area contributed by atoms with Crippen molar-refractivity contribution in [1.82, 2.24) is 4.90 Å². The van der Waals surface area contributed by atoms with Crippen LogP contribution in [0.1, 0.15) is 48.8 Å². The summed E-state index contributed by atoms with van der Waals surface area (Å²) in [6.07, 6.45) is 8.72. The first-order valence-corrected chi connectivity index (χ1v) is 11.2. The molecule has 2 aliphatic heterocycles. The zero-order valence-electron chi connectivity index (χ0n) is 17.3. The van der Waals surface area contributed by atoms with Crippen molar-refractivity contribution in [2.75, 3.05) is 19.9 Å². The van der Waals surface area contributed by atoms with Gasteiger partial charge in [-0.25, -0.2) is 0 Å². The zero-order chi connectivity index (χ0) is 19.4. The van der Waals surface area contributed by atoms with Crippen LogP contribution in [0.25, 0.3) is 0 Å². The molecule has 4 nitrogen and oxygen atoms in total.